The van der Waals surface area contributed by atoms with Crippen LogP contribution >= 0.6 is 11.3 Å². The average Bonchev–Trinajstić information content (AvgIpc) is 2.81. The molecule has 0 saturated heterocycles. The van der Waals surface area contributed by atoms with Crippen LogP contribution in [0, 0.1) is 20.8 Å². The molecule has 1 aromatic carbocycles. The van der Waals surface area contributed by atoms with E-state index in [9.17, 15) is 14.4 Å². The minimum atomic E-state index is -0.848. The Morgan fingerprint density at radius 1 is 1.08 bits per heavy atom. The third kappa shape index (κ3) is 3.80. The number of methoxy groups -OCH3 is 1. The summed E-state index contributed by atoms with van der Waals surface area (Å²) in [6.07, 6.45) is -0.848. The molecule has 2 aromatic rings. The summed E-state index contributed by atoms with van der Waals surface area (Å²) in [6, 6.07) is 7.15. The number of imide groups is 1. The Morgan fingerprint density at radius 3 is 2.42 bits per heavy atom. The summed E-state index contributed by atoms with van der Waals surface area (Å²) in [5, 5.41) is 5.27. The van der Waals surface area contributed by atoms with Crippen molar-refractivity contribution < 1.29 is 19.1 Å². The first kappa shape index (κ1) is 17.7. The topological polar surface area (TPSA) is 84.5 Å². The van der Waals surface area contributed by atoms with Crippen molar-refractivity contribution in [1.82, 2.24) is 5.32 Å². The highest BCUT2D eigenvalue weighted by Gasteiger charge is 2.23. The third-order valence-corrected chi connectivity index (χ3v) is 4.64. The number of hydrogen-bond donors (Lipinski definition) is 2. The van der Waals surface area contributed by atoms with Crippen LogP contribution in [-0.4, -0.2) is 25.0 Å². The molecule has 6 nitrogen and oxygen atoms in total. The molecular weight excluding hydrogens is 328 g/mol. The zero-order valence-corrected chi connectivity index (χ0v) is 14.7. The summed E-state index contributed by atoms with van der Waals surface area (Å²) in [7, 11) is 1.18. The molecule has 0 radical (unpaired) electrons. The predicted octanol–water partition coefficient (Wildman–Crippen LogP) is 3.42. The molecule has 24 heavy (non-hydrogen) atoms. The van der Waals surface area contributed by atoms with Crippen molar-refractivity contribution in [2.45, 2.75) is 20.8 Å². The number of thiophene rings is 1. The molecule has 0 fully saturated rings. The quantitative estimate of drug-likeness (QED) is 0.892. The van der Waals surface area contributed by atoms with Crippen LogP contribution in [0.15, 0.2) is 24.3 Å². The molecule has 0 saturated carbocycles. The lowest BCUT2D eigenvalue weighted by molar-refractivity contribution is 0.0937. The van der Waals surface area contributed by atoms with Crippen LogP contribution < -0.4 is 10.6 Å². The largest absolute Gasteiger partial charge is 0.453 e. The first-order valence-electron chi connectivity index (χ1n) is 7.20. The maximum absolute atomic E-state index is 12.4. The fraction of sp³-hybridized carbons (Fsp3) is 0.235. The molecule has 3 amide bonds. The SMILES string of the molecule is COC(=O)NC(=O)c1c(NC(=O)c2cccc(C)c2)sc(C)c1C. The predicted molar refractivity (Wildman–Crippen MR) is 92.8 cm³/mol. The van der Waals surface area contributed by atoms with Gasteiger partial charge in [-0.25, -0.2) is 4.79 Å². The summed E-state index contributed by atoms with van der Waals surface area (Å²) in [6.45, 7) is 5.50. The molecule has 0 spiro atoms. The molecule has 2 N–H and O–H groups in total. The number of amides is 3. The Morgan fingerprint density at radius 2 is 1.79 bits per heavy atom. The van der Waals surface area contributed by atoms with Gasteiger partial charge in [-0.3, -0.25) is 14.9 Å². The highest BCUT2D eigenvalue weighted by atomic mass is 32.1. The number of alkyl carbamates (subject to hydrolysis) is 1. The Kier molecular flexibility index (Phi) is 5.35. The van der Waals surface area contributed by atoms with E-state index in [1.54, 1.807) is 25.1 Å². The number of benzene rings is 1. The van der Waals surface area contributed by atoms with E-state index in [2.05, 4.69) is 15.4 Å². The summed E-state index contributed by atoms with van der Waals surface area (Å²) in [5.74, 6) is -0.921. The standard InChI is InChI=1S/C17H18N2O4S/c1-9-6-5-7-12(8-9)14(20)18-16-13(10(2)11(3)24-16)15(21)19-17(22)23-4/h5-8H,1-4H3,(H,18,20)(H,19,21,22). The first-order chi connectivity index (χ1) is 11.3. The van der Waals surface area contributed by atoms with Gasteiger partial charge in [0.2, 0.25) is 0 Å². The number of hydrogen-bond acceptors (Lipinski definition) is 5. The molecule has 0 unspecified atom stereocenters. The number of rotatable bonds is 3. The van der Waals surface area contributed by atoms with Gasteiger partial charge in [0.15, 0.2) is 0 Å². The molecule has 7 heteroatoms. The molecule has 0 bridgehead atoms. The highest BCUT2D eigenvalue weighted by Crippen LogP contribution is 2.32. The lowest BCUT2D eigenvalue weighted by Crippen LogP contribution is -2.31. The van der Waals surface area contributed by atoms with Crippen molar-refractivity contribution in [3.05, 3.63) is 51.4 Å². The molecule has 0 atom stereocenters. The van der Waals surface area contributed by atoms with Gasteiger partial charge in [0.25, 0.3) is 11.8 Å². The fourth-order valence-corrected chi connectivity index (χ4v) is 3.21. The highest BCUT2D eigenvalue weighted by molar-refractivity contribution is 7.16. The van der Waals surface area contributed by atoms with Crippen molar-refractivity contribution in [2.24, 2.45) is 0 Å². The maximum Gasteiger partial charge on any atom is 0.413 e. The second-order valence-corrected chi connectivity index (χ2v) is 6.48. The van der Waals surface area contributed by atoms with E-state index in [-0.39, 0.29) is 11.5 Å². The summed E-state index contributed by atoms with van der Waals surface area (Å²) in [5.41, 5.74) is 2.44. The molecule has 1 heterocycles. The lowest BCUT2D eigenvalue weighted by atomic mass is 10.1. The minimum Gasteiger partial charge on any atom is -0.453 e. The monoisotopic (exact) mass is 346 g/mol. The van der Waals surface area contributed by atoms with Gasteiger partial charge in [-0.1, -0.05) is 17.7 Å². The number of aryl methyl sites for hydroxylation is 2. The second-order valence-electron chi connectivity index (χ2n) is 5.26. The van der Waals surface area contributed by atoms with Crippen molar-refractivity contribution >= 4 is 34.2 Å². The van der Waals surface area contributed by atoms with Gasteiger partial charge < -0.3 is 10.1 Å². The molecular formula is C17H18N2O4S. The Balaban J connectivity index is 2.30. The van der Waals surface area contributed by atoms with Gasteiger partial charge in [0.1, 0.15) is 5.00 Å². The zero-order valence-electron chi connectivity index (χ0n) is 13.9. The van der Waals surface area contributed by atoms with E-state index < -0.39 is 12.0 Å². The minimum absolute atomic E-state index is 0.268. The van der Waals surface area contributed by atoms with Crippen LogP contribution in [0.25, 0.3) is 0 Å². The molecule has 1 aromatic heterocycles. The van der Waals surface area contributed by atoms with E-state index in [4.69, 9.17) is 0 Å². The number of ether oxygens (including phenoxy) is 1. The van der Waals surface area contributed by atoms with Crippen LogP contribution in [0.4, 0.5) is 9.80 Å². The first-order valence-corrected chi connectivity index (χ1v) is 8.02. The van der Waals surface area contributed by atoms with Crippen LogP contribution in [0.5, 0.6) is 0 Å². The summed E-state index contributed by atoms with van der Waals surface area (Å²) in [4.78, 5) is 36.8. The number of anilines is 1. The van der Waals surface area contributed by atoms with E-state index in [1.807, 2.05) is 19.9 Å². The maximum atomic E-state index is 12.4. The van der Waals surface area contributed by atoms with Gasteiger partial charge >= 0.3 is 6.09 Å². The van der Waals surface area contributed by atoms with Crippen LogP contribution in [0.3, 0.4) is 0 Å². The van der Waals surface area contributed by atoms with Crippen LogP contribution in [-0.2, 0) is 4.74 Å². The normalized spacial score (nSPS) is 10.2. The van der Waals surface area contributed by atoms with E-state index in [1.165, 1.54) is 18.4 Å². The van der Waals surface area contributed by atoms with Crippen molar-refractivity contribution in [3.8, 4) is 0 Å². The summed E-state index contributed by atoms with van der Waals surface area (Å²) >= 11 is 1.29. The zero-order chi connectivity index (χ0) is 17.9. The van der Waals surface area contributed by atoms with E-state index >= 15 is 0 Å². The third-order valence-electron chi connectivity index (χ3n) is 3.52. The second kappa shape index (κ2) is 7.27. The number of carbonyl (C=O) groups is 3. The fourth-order valence-electron chi connectivity index (χ4n) is 2.16. The van der Waals surface area contributed by atoms with Crippen LogP contribution in [0.2, 0.25) is 0 Å². The Bertz CT molecular complexity index is 811. The Hall–Kier alpha value is -2.67. The average molecular weight is 346 g/mol. The summed E-state index contributed by atoms with van der Waals surface area (Å²) < 4.78 is 4.44. The molecule has 126 valence electrons. The number of carbonyl (C=O) groups excluding carboxylic acids is 3. The lowest BCUT2D eigenvalue weighted by Gasteiger charge is -2.08. The van der Waals surface area contributed by atoms with Gasteiger partial charge in [0, 0.05) is 10.4 Å². The van der Waals surface area contributed by atoms with Crippen molar-refractivity contribution in [2.75, 3.05) is 12.4 Å². The molecule has 0 aliphatic carbocycles. The van der Waals surface area contributed by atoms with E-state index in [0.717, 1.165) is 10.4 Å². The molecule has 0 aliphatic heterocycles. The smallest absolute Gasteiger partial charge is 0.413 e. The van der Waals surface area contributed by atoms with Gasteiger partial charge in [-0.15, -0.1) is 11.3 Å². The van der Waals surface area contributed by atoms with Crippen LogP contribution in [0.1, 0.15) is 36.7 Å². The van der Waals surface area contributed by atoms with E-state index in [0.29, 0.717) is 16.1 Å². The molecule has 2 rings (SSSR count). The van der Waals surface area contributed by atoms with Gasteiger partial charge in [0.05, 0.1) is 12.7 Å². The number of nitrogens with one attached hydrogen (secondary N) is 2. The Labute approximate surface area is 143 Å². The van der Waals surface area contributed by atoms with Crippen molar-refractivity contribution in [1.29, 1.82) is 0 Å². The van der Waals surface area contributed by atoms with Crippen molar-refractivity contribution in [3.63, 3.8) is 0 Å². The van der Waals surface area contributed by atoms with Gasteiger partial charge in [-0.05, 0) is 38.5 Å². The molecule has 0 aliphatic rings. The van der Waals surface area contributed by atoms with Gasteiger partial charge in [-0.2, -0.15) is 0 Å².